The molecule has 1 aromatic carbocycles. The quantitative estimate of drug-likeness (QED) is 0.393. The van der Waals surface area contributed by atoms with Crippen molar-refractivity contribution < 1.29 is 22.7 Å². The first kappa shape index (κ1) is 31.7. The minimum atomic E-state index is -4.66. The number of alkyl halides is 3. The van der Waals surface area contributed by atoms with Gasteiger partial charge in [0.25, 0.3) is 0 Å². The number of halogens is 4. The summed E-state index contributed by atoms with van der Waals surface area (Å²) >= 11 is 7.47. The average Bonchev–Trinajstić information content (AvgIpc) is 3.10. The summed E-state index contributed by atoms with van der Waals surface area (Å²) in [5.41, 5.74) is -2.05. The van der Waals surface area contributed by atoms with E-state index in [1.807, 2.05) is 13.8 Å². The third kappa shape index (κ3) is 6.86. The van der Waals surface area contributed by atoms with Crippen molar-refractivity contribution in [3.05, 3.63) is 56.1 Å². The number of carbonyl (C=O) groups is 1. The minimum absolute atomic E-state index is 0.176. The topological polar surface area (TPSA) is 113 Å². The van der Waals surface area contributed by atoms with E-state index in [2.05, 4.69) is 15.0 Å². The molecular weight excluding hydrogens is 597 g/mol. The van der Waals surface area contributed by atoms with Gasteiger partial charge in [-0.25, -0.2) is 19.4 Å². The lowest BCUT2D eigenvalue weighted by Gasteiger charge is -2.45. The summed E-state index contributed by atoms with van der Waals surface area (Å²) in [6.45, 7) is 9.94. The Morgan fingerprint density at radius 1 is 1.17 bits per heavy atom. The van der Waals surface area contributed by atoms with Gasteiger partial charge in [-0.2, -0.15) is 18.2 Å². The Labute approximate surface area is 249 Å². The van der Waals surface area contributed by atoms with E-state index in [1.165, 1.54) is 28.7 Å². The number of rotatable bonds is 1. The maximum atomic E-state index is 13.9. The van der Waals surface area contributed by atoms with E-state index >= 15 is 0 Å². The van der Waals surface area contributed by atoms with Crippen LogP contribution in [0.5, 0.6) is 0 Å². The number of hydrogen-bond donors (Lipinski definition) is 1. The molecule has 2 aliphatic heterocycles. The van der Waals surface area contributed by atoms with Crippen molar-refractivity contribution in [2.45, 2.75) is 76.3 Å². The number of hydrogen-bond acceptors (Lipinski definition) is 8. The molecule has 0 aliphatic carbocycles. The summed E-state index contributed by atoms with van der Waals surface area (Å²) in [6.07, 6.45) is -1.53. The van der Waals surface area contributed by atoms with Crippen molar-refractivity contribution in [1.82, 2.24) is 24.4 Å². The smallest absolute Gasteiger partial charge is 0.417 e. The average molecular weight is 629 g/mol. The largest absolute Gasteiger partial charge is 0.444 e. The van der Waals surface area contributed by atoms with Crippen LogP contribution in [-0.4, -0.2) is 67.0 Å². The number of nitrogens with zero attached hydrogens (tertiary/aromatic N) is 5. The van der Waals surface area contributed by atoms with Crippen LogP contribution in [-0.2, 0) is 17.5 Å². The van der Waals surface area contributed by atoms with E-state index in [0.29, 0.717) is 24.2 Å². The Bertz CT molecular complexity index is 1560. The van der Waals surface area contributed by atoms with Crippen molar-refractivity contribution in [1.29, 1.82) is 0 Å². The number of aromatic amines is 1. The zero-order chi connectivity index (χ0) is 31.0. The molecule has 1 amide bonds. The Morgan fingerprint density at radius 2 is 1.83 bits per heavy atom. The fraction of sp³-hybridized carbons (Fsp3) is 0.519. The second kappa shape index (κ2) is 12.2. The van der Waals surface area contributed by atoms with Gasteiger partial charge < -0.3 is 14.6 Å². The number of benzene rings is 1. The van der Waals surface area contributed by atoms with Gasteiger partial charge in [0, 0.05) is 37.4 Å². The van der Waals surface area contributed by atoms with Crippen molar-refractivity contribution in [3.8, 4) is 0 Å². The predicted octanol–water partition coefficient (Wildman–Crippen LogP) is 5.17. The molecule has 1 N–H and O–H groups in total. The normalized spacial score (nSPS) is 19.2. The summed E-state index contributed by atoms with van der Waals surface area (Å²) in [6, 6.07) is 2.00. The van der Waals surface area contributed by atoms with Gasteiger partial charge in [-0.3, -0.25) is 9.47 Å². The van der Waals surface area contributed by atoms with Crippen LogP contribution < -0.4 is 16.3 Å². The zero-order valence-corrected chi connectivity index (χ0v) is 25.4. The molecule has 228 valence electrons. The summed E-state index contributed by atoms with van der Waals surface area (Å²) in [4.78, 5) is 49.5. The molecule has 4 heterocycles. The summed E-state index contributed by atoms with van der Waals surface area (Å²) in [5, 5.41) is -0.158. The Hall–Kier alpha value is -3.26. The van der Waals surface area contributed by atoms with E-state index in [4.69, 9.17) is 16.3 Å². The summed E-state index contributed by atoms with van der Waals surface area (Å²) in [7, 11) is 0. The number of anilines is 1. The first-order valence-electron chi connectivity index (χ1n) is 13.3. The molecule has 0 saturated carbocycles. The lowest BCUT2D eigenvalue weighted by molar-refractivity contribution is -0.137. The summed E-state index contributed by atoms with van der Waals surface area (Å²) < 4.78 is 48.7. The van der Waals surface area contributed by atoms with Crippen molar-refractivity contribution >= 4 is 46.2 Å². The van der Waals surface area contributed by atoms with Crippen LogP contribution in [0.25, 0.3) is 10.9 Å². The lowest BCUT2D eigenvalue weighted by Crippen LogP contribution is -2.59. The minimum Gasteiger partial charge on any atom is -0.444 e. The van der Waals surface area contributed by atoms with E-state index < -0.39 is 34.1 Å². The molecule has 5 rings (SSSR count). The van der Waals surface area contributed by atoms with Crippen LogP contribution in [0.1, 0.15) is 46.6 Å². The molecule has 2 unspecified atom stereocenters. The molecule has 15 heteroatoms. The molecule has 1 saturated heterocycles. The molecule has 0 bridgehead atoms. The first-order chi connectivity index (χ1) is 19.6. The van der Waals surface area contributed by atoms with Gasteiger partial charge in [0.05, 0.1) is 33.1 Å². The monoisotopic (exact) mass is 628 g/mol. The van der Waals surface area contributed by atoms with Gasteiger partial charge in [-0.15, -0.1) is 11.8 Å². The maximum Gasteiger partial charge on any atom is 0.417 e. The highest BCUT2D eigenvalue weighted by Crippen LogP contribution is 2.46. The molecule has 1 fully saturated rings. The van der Waals surface area contributed by atoms with E-state index in [-0.39, 0.29) is 47.0 Å². The van der Waals surface area contributed by atoms with Gasteiger partial charge in [0.1, 0.15) is 11.4 Å². The van der Waals surface area contributed by atoms with Gasteiger partial charge >= 0.3 is 23.6 Å². The fourth-order valence-corrected chi connectivity index (χ4v) is 6.52. The van der Waals surface area contributed by atoms with Gasteiger partial charge in [-0.1, -0.05) is 11.6 Å². The van der Waals surface area contributed by atoms with Crippen LogP contribution in [0.4, 0.5) is 23.8 Å². The Balaban J connectivity index is 0.000000507. The predicted molar refractivity (Wildman–Crippen MR) is 155 cm³/mol. The third-order valence-corrected chi connectivity index (χ3v) is 8.30. The zero-order valence-electron chi connectivity index (χ0n) is 23.8. The van der Waals surface area contributed by atoms with E-state index in [9.17, 15) is 27.6 Å². The van der Waals surface area contributed by atoms with Crippen molar-refractivity contribution in [3.63, 3.8) is 0 Å². The van der Waals surface area contributed by atoms with Gasteiger partial charge in [-0.05, 0) is 58.9 Å². The molecule has 10 nitrogen and oxygen atoms in total. The Morgan fingerprint density at radius 3 is 2.36 bits per heavy atom. The second-order valence-corrected chi connectivity index (χ2v) is 12.6. The highest BCUT2D eigenvalue weighted by atomic mass is 35.5. The fourth-order valence-electron chi connectivity index (χ4n) is 5.03. The van der Waals surface area contributed by atoms with Crippen LogP contribution in [0.2, 0.25) is 5.02 Å². The van der Waals surface area contributed by atoms with Crippen LogP contribution in [0, 0.1) is 0 Å². The maximum absolute atomic E-state index is 13.9. The number of nitrogens with one attached hydrogen (secondary N) is 1. The third-order valence-electron chi connectivity index (χ3n) is 6.62. The first-order valence-corrected chi connectivity index (χ1v) is 14.7. The van der Waals surface area contributed by atoms with Crippen LogP contribution in [0.3, 0.4) is 0 Å². The molecular formula is C27H32ClF3N6O4S. The standard InChI is InChI=1S/C23H28ClF3N4O3S.C4H4N2O/c1-12-10-29(11-13(2)31(12)21(33)34-22(3,4)5)19-14-9-15(23(25,26)27)16(24)18-17(14)30(20(32)28-19)7-6-8-35-18;7-4-5-2-1-3-6-4/h9,12-13H,6-8,10-11H2,1-5H3;1-3H,(H,5,6,7). The number of amides is 1. The number of piperazine rings is 1. The second-order valence-electron chi connectivity index (χ2n) is 11.1. The number of ether oxygens (including phenoxy) is 1. The highest BCUT2D eigenvalue weighted by Gasteiger charge is 2.39. The molecule has 2 aliphatic rings. The molecule has 2 atom stereocenters. The summed E-state index contributed by atoms with van der Waals surface area (Å²) in [5.74, 6) is 0.713. The van der Waals surface area contributed by atoms with Gasteiger partial charge in [0.15, 0.2) is 0 Å². The number of carbonyl (C=O) groups excluding carboxylic acids is 1. The molecule has 3 aromatic rings. The highest BCUT2D eigenvalue weighted by molar-refractivity contribution is 7.99. The van der Waals surface area contributed by atoms with Crippen LogP contribution in [0.15, 0.2) is 39.0 Å². The van der Waals surface area contributed by atoms with E-state index in [0.717, 1.165) is 6.07 Å². The van der Waals surface area contributed by atoms with Crippen molar-refractivity contribution in [2.24, 2.45) is 0 Å². The van der Waals surface area contributed by atoms with Crippen LogP contribution >= 0.6 is 23.4 Å². The molecule has 2 aromatic heterocycles. The van der Waals surface area contributed by atoms with Gasteiger partial charge in [0.2, 0.25) is 0 Å². The molecule has 0 spiro atoms. The number of aromatic nitrogens is 4. The van der Waals surface area contributed by atoms with Crippen molar-refractivity contribution in [2.75, 3.05) is 23.7 Å². The molecule has 42 heavy (non-hydrogen) atoms. The number of H-pyrrole nitrogens is 1. The van der Waals surface area contributed by atoms with E-state index in [1.54, 1.807) is 36.6 Å². The lowest BCUT2D eigenvalue weighted by atomic mass is 10.1. The molecule has 0 radical (unpaired) electrons. The number of thioether (sulfide) groups is 1. The SMILES string of the molecule is CC1CN(c2nc(=O)n3c4c(c(Cl)c(C(F)(F)F)cc24)SCCC3)CC(C)N1C(=O)OC(C)(C)C.O=c1nccc[nH]1. The number of aryl methyl sites for hydroxylation is 1. The Kier molecular flexibility index (Phi) is 9.17.